The molecule has 1 aromatic rings. The van der Waals surface area contributed by atoms with E-state index in [1.165, 1.54) is 0 Å². The monoisotopic (exact) mass is 291 g/mol. The van der Waals surface area contributed by atoms with Gasteiger partial charge in [-0.15, -0.1) is 0 Å². The van der Waals surface area contributed by atoms with Crippen LogP contribution in [-0.2, 0) is 11.3 Å². The highest BCUT2D eigenvalue weighted by molar-refractivity contribution is 5.78. The van der Waals surface area contributed by atoms with E-state index in [1.807, 2.05) is 24.3 Å². The molecular formula is C16H25N3O2. The van der Waals surface area contributed by atoms with E-state index in [1.54, 1.807) is 0 Å². The number of hydrogen-bond acceptors (Lipinski definition) is 3. The number of morpholine rings is 1. The lowest BCUT2D eigenvalue weighted by Gasteiger charge is -2.27. The summed E-state index contributed by atoms with van der Waals surface area (Å²) in [4.78, 5) is 6.53. The highest BCUT2D eigenvalue weighted by atomic mass is 16.5. The second kappa shape index (κ2) is 8.52. The van der Waals surface area contributed by atoms with Crippen LogP contribution in [0.15, 0.2) is 29.3 Å². The predicted molar refractivity (Wildman–Crippen MR) is 84.6 cm³/mol. The number of rotatable bonds is 6. The Morgan fingerprint density at radius 3 is 2.95 bits per heavy atom. The summed E-state index contributed by atoms with van der Waals surface area (Å²) in [6, 6.07) is 8.06. The fourth-order valence-electron chi connectivity index (χ4n) is 2.13. The average Bonchev–Trinajstić information content (AvgIpc) is 2.54. The molecule has 0 atom stereocenters. The first kappa shape index (κ1) is 15.6. The van der Waals surface area contributed by atoms with Crippen molar-refractivity contribution in [2.24, 2.45) is 10.7 Å². The van der Waals surface area contributed by atoms with Gasteiger partial charge in [0, 0.05) is 13.1 Å². The molecule has 116 valence electrons. The first-order valence-electron chi connectivity index (χ1n) is 7.64. The molecule has 5 heteroatoms. The average molecular weight is 291 g/mol. The lowest BCUT2D eigenvalue weighted by atomic mass is 10.2. The fourth-order valence-corrected chi connectivity index (χ4v) is 2.13. The van der Waals surface area contributed by atoms with Gasteiger partial charge in [0.15, 0.2) is 5.96 Å². The van der Waals surface area contributed by atoms with Crippen molar-refractivity contribution in [3.05, 3.63) is 29.8 Å². The molecule has 2 N–H and O–H groups in total. The summed E-state index contributed by atoms with van der Waals surface area (Å²) >= 11 is 0. The number of nitrogens with zero attached hydrogens (tertiary/aromatic N) is 2. The van der Waals surface area contributed by atoms with E-state index in [-0.39, 0.29) is 0 Å². The minimum absolute atomic E-state index is 0.578. The Balaban J connectivity index is 1.88. The molecule has 0 bridgehead atoms. The third-order valence-corrected chi connectivity index (χ3v) is 3.42. The van der Waals surface area contributed by atoms with Crippen LogP contribution in [0.1, 0.15) is 25.3 Å². The molecule has 0 aromatic heterocycles. The summed E-state index contributed by atoms with van der Waals surface area (Å²) in [6.45, 7) is 6.56. The third-order valence-electron chi connectivity index (χ3n) is 3.42. The Bertz CT molecular complexity index is 457. The van der Waals surface area contributed by atoms with E-state index in [9.17, 15) is 0 Å². The van der Waals surface area contributed by atoms with Crippen molar-refractivity contribution in [1.29, 1.82) is 0 Å². The van der Waals surface area contributed by atoms with Gasteiger partial charge < -0.3 is 20.1 Å². The zero-order valence-electron chi connectivity index (χ0n) is 12.8. The molecule has 21 heavy (non-hydrogen) atoms. The van der Waals surface area contributed by atoms with Crippen molar-refractivity contribution >= 4 is 5.96 Å². The number of hydrogen-bond donors (Lipinski definition) is 1. The highest BCUT2D eigenvalue weighted by Crippen LogP contribution is 2.14. The molecule has 1 aliphatic rings. The molecule has 1 aromatic carbocycles. The van der Waals surface area contributed by atoms with Gasteiger partial charge in [-0.25, -0.2) is 4.99 Å². The maximum absolute atomic E-state index is 6.02. The Hall–Kier alpha value is -1.75. The van der Waals surface area contributed by atoms with Gasteiger partial charge in [-0.05, 0) is 24.1 Å². The van der Waals surface area contributed by atoms with Gasteiger partial charge in [0.2, 0.25) is 0 Å². The molecule has 1 saturated heterocycles. The van der Waals surface area contributed by atoms with Crippen LogP contribution in [0.2, 0.25) is 0 Å². The zero-order chi connectivity index (χ0) is 14.9. The van der Waals surface area contributed by atoms with Gasteiger partial charge in [0.25, 0.3) is 0 Å². The number of aliphatic imine (C=N–C) groups is 1. The molecule has 0 spiro atoms. The van der Waals surface area contributed by atoms with Crippen molar-refractivity contribution in [3.63, 3.8) is 0 Å². The van der Waals surface area contributed by atoms with E-state index in [2.05, 4.69) is 16.8 Å². The summed E-state index contributed by atoms with van der Waals surface area (Å²) in [7, 11) is 0. The zero-order valence-corrected chi connectivity index (χ0v) is 12.8. The second-order valence-electron chi connectivity index (χ2n) is 5.12. The van der Waals surface area contributed by atoms with E-state index in [4.69, 9.17) is 15.2 Å². The molecule has 2 rings (SSSR count). The number of guanidine groups is 1. The van der Waals surface area contributed by atoms with Crippen LogP contribution in [0, 0.1) is 0 Å². The van der Waals surface area contributed by atoms with E-state index >= 15 is 0 Å². The van der Waals surface area contributed by atoms with Crippen molar-refractivity contribution in [2.45, 2.75) is 26.3 Å². The summed E-state index contributed by atoms with van der Waals surface area (Å²) in [5, 5.41) is 0. The minimum atomic E-state index is 0.578. The number of ether oxygens (including phenoxy) is 2. The van der Waals surface area contributed by atoms with Crippen LogP contribution < -0.4 is 10.5 Å². The Morgan fingerprint density at radius 1 is 1.38 bits per heavy atom. The van der Waals surface area contributed by atoms with E-state index < -0.39 is 0 Å². The summed E-state index contributed by atoms with van der Waals surface area (Å²) < 4.78 is 11.0. The number of unbranched alkanes of at least 4 members (excludes halogenated alkanes) is 1. The molecular weight excluding hydrogens is 266 g/mol. The molecule has 1 fully saturated rings. The summed E-state index contributed by atoms with van der Waals surface area (Å²) in [5.74, 6) is 1.50. The molecule has 1 aliphatic heterocycles. The maximum Gasteiger partial charge on any atom is 0.191 e. The van der Waals surface area contributed by atoms with Gasteiger partial charge in [-0.3, -0.25) is 0 Å². The van der Waals surface area contributed by atoms with Crippen LogP contribution in [0.3, 0.4) is 0 Å². The smallest absolute Gasteiger partial charge is 0.191 e. The predicted octanol–water partition coefficient (Wildman–Crippen LogP) is 2.01. The topological polar surface area (TPSA) is 60.1 Å². The molecule has 0 amide bonds. The van der Waals surface area contributed by atoms with Crippen molar-refractivity contribution in [3.8, 4) is 5.75 Å². The quantitative estimate of drug-likeness (QED) is 0.495. The Labute approximate surface area is 126 Å². The lowest BCUT2D eigenvalue weighted by Crippen LogP contribution is -2.44. The van der Waals surface area contributed by atoms with E-state index in [0.29, 0.717) is 12.5 Å². The molecule has 5 nitrogen and oxygen atoms in total. The minimum Gasteiger partial charge on any atom is -0.494 e. The Kier molecular flexibility index (Phi) is 6.34. The SMILES string of the molecule is CCCCOc1cccc(CN=C(N)N2CCOCC2)c1. The van der Waals surface area contributed by atoms with Crippen LogP contribution in [-0.4, -0.2) is 43.8 Å². The van der Waals surface area contributed by atoms with Crippen molar-refractivity contribution < 1.29 is 9.47 Å². The second-order valence-corrected chi connectivity index (χ2v) is 5.12. The Morgan fingerprint density at radius 2 is 2.19 bits per heavy atom. The van der Waals surface area contributed by atoms with Crippen LogP contribution in [0.4, 0.5) is 0 Å². The fraction of sp³-hybridized carbons (Fsp3) is 0.562. The lowest BCUT2D eigenvalue weighted by molar-refractivity contribution is 0.0674. The van der Waals surface area contributed by atoms with Gasteiger partial charge in [0.1, 0.15) is 5.75 Å². The third kappa shape index (κ3) is 5.27. The van der Waals surface area contributed by atoms with Crippen LogP contribution in [0.5, 0.6) is 5.75 Å². The normalized spacial score (nSPS) is 16.0. The van der Waals surface area contributed by atoms with Crippen molar-refractivity contribution in [1.82, 2.24) is 4.90 Å². The highest BCUT2D eigenvalue weighted by Gasteiger charge is 2.11. The van der Waals surface area contributed by atoms with Gasteiger partial charge >= 0.3 is 0 Å². The largest absolute Gasteiger partial charge is 0.494 e. The first-order valence-corrected chi connectivity index (χ1v) is 7.64. The van der Waals surface area contributed by atoms with Gasteiger partial charge in [-0.2, -0.15) is 0 Å². The molecule has 0 radical (unpaired) electrons. The molecule has 1 heterocycles. The molecule has 0 unspecified atom stereocenters. The van der Waals surface area contributed by atoms with E-state index in [0.717, 1.165) is 57.1 Å². The standard InChI is InChI=1S/C16H25N3O2/c1-2-3-9-21-15-6-4-5-14(12-15)13-18-16(17)19-7-10-20-11-8-19/h4-6,12H,2-3,7-11,13H2,1H3,(H2,17,18). The number of benzene rings is 1. The van der Waals surface area contributed by atoms with Gasteiger partial charge in [0.05, 0.1) is 26.4 Å². The number of nitrogens with two attached hydrogens (primary N) is 1. The molecule has 0 aliphatic carbocycles. The maximum atomic E-state index is 6.02. The molecule has 0 saturated carbocycles. The van der Waals surface area contributed by atoms with Crippen LogP contribution >= 0.6 is 0 Å². The summed E-state index contributed by atoms with van der Waals surface area (Å²) in [6.07, 6.45) is 2.21. The van der Waals surface area contributed by atoms with Gasteiger partial charge in [-0.1, -0.05) is 25.5 Å². The van der Waals surface area contributed by atoms with Crippen LogP contribution in [0.25, 0.3) is 0 Å². The first-order chi connectivity index (χ1) is 10.3. The summed E-state index contributed by atoms with van der Waals surface area (Å²) in [5.41, 5.74) is 7.13. The van der Waals surface area contributed by atoms with Crippen molar-refractivity contribution in [2.75, 3.05) is 32.9 Å².